The number of halogens is 3. The smallest absolute Gasteiger partial charge is 0.378 e. The predicted octanol–water partition coefficient (Wildman–Crippen LogP) is 3.94. The molecule has 1 aromatic carbocycles. The van der Waals surface area contributed by atoms with Crippen molar-refractivity contribution in [2.45, 2.75) is 32.2 Å². The van der Waals surface area contributed by atoms with Gasteiger partial charge in [-0.1, -0.05) is 6.07 Å². The molecule has 1 fully saturated rings. The summed E-state index contributed by atoms with van der Waals surface area (Å²) in [4.78, 5) is 26.0. The molecule has 0 saturated carbocycles. The standard InChI is InChI=1S/C26H31F3N6O2/c1-6-37-21-15-35(22-9-7-8-12-30-22)14-20(21)32-23-16(2)31-24(34(5)25(23)36)18-11-10-17(33(3)4)13-19(18)26(27,28)29/h7-13,20-21,32H,6,14-15H2,1-5H3/t20-,21+/m1/s1. The molecule has 37 heavy (non-hydrogen) atoms. The first-order chi connectivity index (χ1) is 17.5. The van der Waals surface area contributed by atoms with Gasteiger partial charge in [0.25, 0.3) is 5.56 Å². The van der Waals surface area contributed by atoms with Crippen LogP contribution in [-0.2, 0) is 18.0 Å². The summed E-state index contributed by atoms with van der Waals surface area (Å²) in [6, 6.07) is 9.42. The van der Waals surface area contributed by atoms with E-state index < -0.39 is 17.3 Å². The van der Waals surface area contributed by atoms with Gasteiger partial charge in [-0.05, 0) is 44.2 Å². The maximum absolute atomic E-state index is 14.0. The average Bonchev–Trinajstić information content (AvgIpc) is 3.26. The third kappa shape index (κ3) is 5.41. The maximum Gasteiger partial charge on any atom is 0.417 e. The molecule has 3 heterocycles. The zero-order valence-corrected chi connectivity index (χ0v) is 21.5. The van der Waals surface area contributed by atoms with Crippen LogP contribution in [0.3, 0.4) is 0 Å². The number of pyridine rings is 1. The molecule has 0 unspecified atom stereocenters. The minimum atomic E-state index is -4.62. The lowest BCUT2D eigenvalue weighted by molar-refractivity contribution is -0.137. The minimum Gasteiger partial charge on any atom is -0.378 e. The number of anilines is 3. The molecule has 1 aliphatic heterocycles. The van der Waals surface area contributed by atoms with E-state index in [-0.39, 0.29) is 29.2 Å². The van der Waals surface area contributed by atoms with Crippen molar-refractivity contribution in [1.82, 2.24) is 14.5 Å². The van der Waals surface area contributed by atoms with E-state index in [1.165, 1.54) is 13.1 Å². The van der Waals surface area contributed by atoms with Crippen molar-refractivity contribution in [3.8, 4) is 11.4 Å². The predicted molar refractivity (Wildman–Crippen MR) is 138 cm³/mol. The van der Waals surface area contributed by atoms with Crippen molar-refractivity contribution in [3.05, 3.63) is 64.2 Å². The van der Waals surface area contributed by atoms with Crippen LogP contribution in [-0.4, -0.2) is 60.5 Å². The molecule has 0 spiro atoms. The van der Waals surface area contributed by atoms with Crippen LogP contribution in [0.4, 0.5) is 30.4 Å². The number of hydrogen-bond acceptors (Lipinski definition) is 7. The van der Waals surface area contributed by atoms with E-state index in [4.69, 9.17) is 4.74 Å². The lowest BCUT2D eigenvalue weighted by Crippen LogP contribution is -2.38. The molecule has 0 radical (unpaired) electrons. The highest BCUT2D eigenvalue weighted by Crippen LogP contribution is 2.38. The number of nitrogens with one attached hydrogen (secondary N) is 1. The minimum absolute atomic E-state index is 0.0476. The fourth-order valence-electron chi connectivity index (χ4n) is 4.56. The molecule has 2 aromatic heterocycles. The highest BCUT2D eigenvalue weighted by Gasteiger charge is 2.37. The van der Waals surface area contributed by atoms with Crippen molar-refractivity contribution in [2.24, 2.45) is 7.05 Å². The molecule has 0 bridgehead atoms. The molecular formula is C26H31F3N6O2. The van der Waals surface area contributed by atoms with Crippen LogP contribution >= 0.6 is 0 Å². The highest BCUT2D eigenvalue weighted by atomic mass is 19.4. The van der Waals surface area contributed by atoms with Gasteiger partial charge in [0, 0.05) is 58.3 Å². The summed E-state index contributed by atoms with van der Waals surface area (Å²) in [6.07, 6.45) is -3.12. The molecule has 11 heteroatoms. The van der Waals surface area contributed by atoms with Crippen molar-refractivity contribution in [1.29, 1.82) is 0 Å². The Hall–Kier alpha value is -3.60. The second kappa shape index (κ2) is 10.4. The van der Waals surface area contributed by atoms with Gasteiger partial charge in [0.15, 0.2) is 0 Å². The van der Waals surface area contributed by atoms with E-state index in [0.29, 0.717) is 31.1 Å². The Morgan fingerprint density at radius 3 is 2.57 bits per heavy atom. The van der Waals surface area contributed by atoms with Crippen molar-refractivity contribution in [2.75, 3.05) is 48.9 Å². The van der Waals surface area contributed by atoms with Gasteiger partial charge in [-0.3, -0.25) is 9.36 Å². The molecule has 0 aliphatic carbocycles. The van der Waals surface area contributed by atoms with E-state index in [1.807, 2.05) is 25.1 Å². The monoisotopic (exact) mass is 516 g/mol. The Kier molecular flexibility index (Phi) is 7.44. The third-order valence-corrected chi connectivity index (χ3v) is 6.49. The number of aromatic nitrogens is 3. The maximum atomic E-state index is 14.0. The van der Waals surface area contributed by atoms with E-state index in [0.717, 1.165) is 16.5 Å². The van der Waals surface area contributed by atoms with Gasteiger partial charge >= 0.3 is 6.18 Å². The van der Waals surface area contributed by atoms with Gasteiger partial charge < -0.3 is 19.9 Å². The molecule has 198 valence electrons. The fourth-order valence-corrected chi connectivity index (χ4v) is 4.56. The molecule has 8 nitrogen and oxygen atoms in total. The molecule has 0 amide bonds. The second-order valence-corrected chi connectivity index (χ2v) is 9.22. The molecule has 2 atom stereocenters. The number of ether oxygens (including phenoxy) is 1. The largest absolute Gasteiger partial charge is 0.417 e. The van der Waals surface area contributed by atoms with Crippen molar-refractivity contribution >= 4 is 17.2 Å². The van der Waals surface area contributed by atoms with Crippen LogP contribution in [0.25, 0.3) is 11.4 Å². The lowest BCUT2D eigenvalue weighted by Gasteiger charge is -2.23. The summed E-state index contributed by atoms with van der Waals surface area (Å²) in [5.41, 5.74) is -0.506. The number of nitrogens with zero attached hydrogens (tertiary/aromatic N) is 5. The molecular weight excluding hydrogens is 485 g/mol. The number of hydrogen-bond donors (Lipinski definition) is 1. The molecule has 1 aliphatic rings. The SMILES string of the molecule is CCO[C@H]1CN(c2ccccn2)C[C@H]1Nc1c(C)nc(-c2ccc(N(C)C)cc2C(F)(F)F)n(C)c1=O. The van der Waals surface area contributed by atoms with Crippen LogP contribution in [0.5, 0.6) is 0 Å². The van der Waals surface area contributed by atoms with Crippen LogP contribution < -0.4 is 20.7 Å². The Morgan fingerprint density at radius 2 is 1.95 bits per heavy atom. The van der Waals surface area contributed by atoms with E-state index in [1.54, 1.807) is 38.2 Å². The summed E-state index contributed by atoms with van der Waals surface area (Å²) in [5.74, 6) is 0.754. The van der Waals surface area contributed by atoms with Gasteiger partial charge in [-0.2, -0.15) is 13.2 Å². The van der Waals surface area contributed by atoms with Gasteiger partial charge in [-0.15, -0.1) is 0 Å². The topological polar surface area (TPSA) is 75.5 Å². The van der Waals surface area contributed by atoms with Crippen molar-refractivity contribution in [3.63, 3.8) is 0 Å². The lowest BCUT2D eigenvalue weighted by atomic mass is 10.0. The van der Waals surface area contributed by atoms with Gasteiger partial charge in [-0.25, -0.2) is 9.97 Å². The Labute approximate surface area is 213 Å². The zero-order valence-electron chi connectivity index (χ0n) is 21.5. The first-order valence-electron chi connectivity index (χ1n) is 12.0. The number of rotatable bonds is 7. The first kappa shape index (κ1) is 26.5. The van der Waals surface area contributed by atoms with Gasteiger partial charge in [0.1, 0.15) is 17.3 Å². The van der Waals surface area contributed by atoms with E-state index in [2.05, 4.69) is 20.2 Å². The number of alkyl halides is 3. The number of benzene rings is 1. The molecule has 1 N–H and O–H groups in total. The normalized spacial score (nSPS) is 17.8. The van der Waals surface area contributed by atoms with Crippen molar-refractivity contribution < 1.29 is 17.9 Å². The Bertz CT molecular complexity index is 1310. The summed E-state index contributed by atoms with van der Waals surface area (Å²) < 4.78 is 49.0. The highest BCUT2D eigenvalue weighted by molar-refractivity contribution is 5.68. The van der Waals surface area contributed by atoms with Crippen LogP contribution in [0.2, 0.25) is 0 Å². The average molecular weight is 517 g/mol. The summed E-state index contributed by atoms with van der Waals surface area (Å²) in [5, 5.41) is 3.28. The molecule has 4 rings (SSSR count). The quantitative estimate of drug-likeness (QED) is 0.510. The van der Waals surface area contributed by atoms with Crippen LogP contribution in [0.1, 0.15) is 18.2 Å². The van der Waals surface area contributed by atoms with E-state index in [9.17, 15) is 18.0 Å². The summed E-state index contributed by atoms with van der Waals surface area (Å²) in [7, 11) is 4.77. The Morgan fingerprint density at radius 1 is 1.19 bits per heavy atom. The number of aryl methyl sites for hydroxylation is 1. The summed E-state index contributed by atoms with van der Waals surface area (Å²) in [6.45, 7) is 5.14. The first-order valence-corrected chi connectivity index (χ1v) is 12.0. The van der Waals surface area contributed by atoms with Crippen LogP contribution in [0.15, 0.2) is 47.4 Å². The Balaban J connectivity index is 1.70. The van der Waals surface area contributed by atoms with Crippen LogP contribution in [0, 0.1) is 6.92 Å². The van der Waals surface area contributed by atoms with E-state index >= 15 is 0 Å². The van der Waals surface area contributed by atoms with Gasteiger partial charge in [0.2, 0.25) is 0 Å². The molecule has 1 saturated heterocycles. The second-order valence-electron chi connectivity index (χ2n) is 9.22. The third-order valence-electron chi connectivity index (χ3n) is 6.49. The zero-order chi connectivity index (χ0) is 26.9. The summed E-state index contributed by atoms with van der Waals surface area (Å²) >= 11 is 0. The van der Waals surface area contributed by atoms with Gasteiger partial charge in [0.05, 0.1) is 23.4 Å². The fraction of sp³-hybridized carbons (Fsp3) is 0.423. The molecule has 3 aromatic rings.